The number of rotatable bonds is 7. The maximum atomic E-state index is 6.67. The van der Waals surface area contributed by atoms with E-state index in [1.807, 2.05) is 26.0 Å². The van der Waals surface area contributed by atoms with Gasteiger partial charge in [-0.3, -0.25) is 0 Å². The lowest BCUT2D eigenvalue weighted by molar-refractivity contribution is 0.287. The molecule has 4 heteroatoms. The zero-order valence-corrected chi connectivity index (χ0v) is 14.6. The van der Waals surface area contributed by atoms with Gasteiger partial charge in [0.15, 0.2) is 11.5 Å². The lowest BCUT2D eigenvalue weighted by Gasteiger charge is -2.21. The molecule has 0 amide bonds. The summed E-state index contributed by atoms with van der Waals surface area (Å²) in [4.78, 5) is 0. The van der Waals surface area contributed by atoms with Gasteiger partial charge in [0.2, 0.25) is 0 Å². The highest BCUT2D eigenvalue weighted by Gasteiger charge is 2.34. The van der Waals surface area contributed by atoms with Crippen molar-refractivity contribution in [3.05, 3.63) is 22.2 Å². The molecule has 1 fully saturated rings. The van der Waals surface area contributed by atoms with Crippen LogP contribution in [-0.4, -0.2) is 13.2 Å². The Labute approximate surface area is 134 Å². The molecule has 1 saturated carbocycles. The lowest BCUT2D eigenvalue weighted by atomic mass is 9.96. The van der Waals surface area contributed by atoms with Crippen molar-refractivity contribution in [1.29, 1.82) is 0 Å². The average molecular weight is 362 g/mol. The molecule has 0 N–H and O–H groups in total. The van der Waals surface area contributed by atoms with E-state index in [1.165, 1.54) is 12.8 Å². The van der Waals surface area contributed by atoms with Crippen LogP contribution in [0.3, 0.4) is 0 Å². The van der Waals surface area contributed by atoms with Gasteiger partial charge < -0.3 is 9.47 Å². The summed E-state index contributed by atoms with van der Waals surface area (Å²) in [5, 5.41) is 0.00626. The van der Waals surface area contributed by atoms with Gasteiger partial charge in [0.1, 0.15) is 0 Å². The van der Waals surface area contributed by atoms with E-state index in [0.29, 0.717) is 19.1 Å². The van der Waals surface area contributed by atoms with Crippen molar-refractivity contribution in [2.75, 3.05) is 13.2 Å². The molecule has 20 heavy (non-hydrogen) atoms. The first-order valence-corrected chi connectivity index (χ1v) is 8.54. The van der Waals surface area contributed by atoms with Gasteiger partial charge in [0.25, 0.3) is 0 Å². The Morgan fingerprint density at radius 2 is 1.75 bits per heavy atom. The van der Waals surface area contributed by atoms with Gasteiger partial charge in [-0.2, -0.15) is 0 Å². The number of ether oxygens (including phenoxy) is 2. The topological polar surface area (TPSA) is 18.5 Å². The Bertz CT molecular complexity index is 460. The SMILES string of the molecule is CCOc1cc(Br)c(C(Cl)C(C)C2CC2)cc1OCC. The molecule has 112 valence electrons. The summed E-state index contributed by atoms with van der Waals surface area (Å²) in [5.41, 5.74) is 1.10. The summed E-state index contributed by atoms with van der Waals surface area (Å²) >= 11 is 10.3. The van der Waals surface area contributed by atoms with Crippen molar-refractivity contribution in [3.63, 3.8) is 0 Å². The van der Waals surface area contributed by atoms with Gasteiger partial charge in [-0.25, -0.2) is 0 Å². The second-order valence-electron chi connectivity index (χ2n) is 5.28. The fourth-order valence-electron chi connectivity index (χ4n) is 2.44. The largest absolute Gasteiger partial charge is 0.490 e. The minimum Gasteiger partial charge on any atom is -0.490 e. The van der Waals surface area contributed by atoms with Crippen LogP contribution in [0.25, 0.3) is 0 Å². The van der Waals surface area contributed by atoms with E-state index in [9.17, 15) is 0 Å². The minimum atomic E-state index is 0.00626. The van der Waals surface area contributed by atoms with Gasteiger partial charge >= 0.3 is 0 Å². The smallest absolute Gasteiger partial charge is 0.162 e. The van der Waals surface area contributed by atoms with Crippen LogP contribution >= 0.6 is 27.5 Å². The molecule has 1 aromatic rings. The number of hydrogen-bond donors (Lipinski definition) is 0. The standard InChI is InChI=1S/C16H22BrClO2/c1-4-19-14-8-12(13(17)9-15(14)20-5-2)16(18)10(3)11-6-7-11/h8-11,16H,4-7H2,1-3H3. The molecule has 2 nitrogen and oxygen atoms in total. The molecule has 0 heterocycles. The fraction of sp³-hybridized carbons (Fsp3) is 0.625. The predicted molar refractivity (Wildman–Crippen MR) is 87.0 cm³/mol. The zero-order chi connectivity index (χ0) is 14.7. The highest BCUT2D eigenvalue weighted by molar-refractivity contribution is 9.10. The maximum Gasteiger partial charge on any atom is 0.162 e. The third-order valence-corrected chi connectivity index (χ3v) is 5.11. The third-order valence-electron chi connectivity index (χ3n) is 3.79. The van der Waals surface area contributed by atoms with Gasteiger partial charge in [-0.15, -0.1) is 11.6 Å². The summed E-state index contributed by atoms with van der Waals surface area (Å²) in [6.07, 6.45) is 2.61. The Morgan fingerprint density at radius 3 is 2.25 bits per heavy atom. The number of alkyl halides is 1. The lowest BCUT2D eigenvalue weighted by Crippen LogP contribution is -2.08. The Hall–Kier alpha value is -0.410. The second kappa shape index (κ2) is 7.04. The van der Waals surface area contributed by atoms with E-state index in [0.717, 1.165) is 27.5 Å². The van der Waals surface area contributed by atoms with Crippen LogP contribution < -0.4 is 9.47 Å². The van der Waals surface area contributed by atoms with Crippen LogP contribution in [0.2, 0.25) is 0 Å². The van der Waals surface area contributed by atoms with E-state index in [2.05, 4.69) is 22.9 Å². The molecule has 0 aromatic heterocycles. The molecule has 1 aromatic carbocycles. The molecular formula is C16H22BrClO2. The minimum absolute atomic E-state index is 0.00626. The predicted octanol–water partition coefficient (Wildman–Crippen LogP) is 5.57. The van der Waals surface area contributed by atoms with E-state index in [1.54, 1.807) is 0 Å². The van der Waals surface area contributed by atoms with Crippen LogP contribution in [0, 0.1) is 11.8 Å². The summed E-state index contributed by atoms with van der Waals surface area (Å²) in [6, 6.07) is 3.99. The first-order valence-electron chi connectivity index (χ1n) is 7.31. The summed E-state index contributed by atoms with van der Waals surface area (Å²) in [7, 11) is 0. The molecule has 0 saturated heterocycles. The highest BCUT2D eigenvalue weighted by Crippen LogP contribution is 2.48. The third kappa shape index (κ3) is 3.62. The Morgan fingerprint density at radius 1 is 1.20 bits per heavy atom. The molecule has 1 aliphatic rings. The number of benzene rings is 1. The van der Waals surface area contributed by atoms with Crippen LogP contribution in [0.1, 0.15) is 44.6 Å². The fourth-order valence-corrected chi connectivity index (χ4v) is 3.53. The molecule has 2 atom stereocenters. The van der Waals surface area contributed by atoms with Crippen LogP contribution in [0.4, 0.5) is 0 Å². The van der Waals surface area contributed by atoms with Gasteiger partial charge in [-0.05, 0) is 56.2 Å². The second-order valence-corrected chi connectivity index (χ2v) is 6.61. The molecule has 0 spiro atoms. The van der Waals surface area contributed by atoms with Crippen LogP contribution in [-0.2, 0) is 0 Å². The van der Waals surface area contributed by atoms with Crippen molar-refractivity contribution in [2.45, 2.75) is 39.0 Å². The number of halogens is 2. The molecule has 0 radical (unpaired) electrons. The van der Waals surface area contributed by atoms with Gasteiger partial charge in [0.05, 0.1) is 18.6 Å². The first kappa shape index (κ1) is 16.0. The summed E-state index contributed by atoms with van der Waals surface area (Å²) < 4.78 is 12.3. The van der Waals surface area contributed by atoms with Crippen molar-refractivity contribution in [3.8, 4) is 11.5 Å². The van der Waals surface area contributed by atoms with Crippen molar-refractivity contribution in [1.82, 2.24) is 0 Å². The first-order chi connectivity index (χ1) is 9.58. The van der Waals surface area contributed by atoms with E-state index < -0.39 is 0 Å². The Kier molecular flexibility index (Phi) is 5.62. The zero-order valence-electron chi connectivity index (χ0n) is 12.3. The van der Waals surface area contributed by atoms with Gasteiger partial charge in [0, 0.05) is 4.47 Å². The average Bonchev–Trinajstić information content (AvgIpc) is 3.25. The van der Waals surface area contributed by atoms with Crippen LogP contribution in [0.15, 0.2) is 16.6 Å². The molecule has 0 aliphatic heterocycles. The van der Waals surface area contributed by atoms with E-state index in [4.69, 9.17) is 21.1 Å². The van der Waals surface area contributed by atoms with Gasteiger partial charge in [-0.1, -0.05) is 22.9 Å². The number of hydrogen-bond acceptors (Lipinski definition) is 2. The molecule has 0 bridgehead atoms. The molecular weight excluding hydrogens is 340 g/mol. The van der Waals surface area contributed by atoms with Crippen molar-refractivity contribution < 1.29 is 9.47 Å². The van der Waals surface area contributed by atoms with Crippen LogP contribution in [0.5, 0.6) is 11.5 Å². The van der Waals surface area contributed by atoms with E-state index in [-0.39, 0.29) is 5.38 Å². The summed E-state index contributed by atoms with van der Waals surface area (Å²) in [6.45, 7) is 7.42. The summed E-state index contributed by atoms with van der Waals surface area (Å²) in [5.74, 6) is 2.81. The molecule has 2 rings (SSSR count). The van der Waals surface area contributed by atoms with Crippen molar-refractivity contribution >= 4 is 27.5 Å². The van der Waals surface area contributed by atoms with Crippen molar-refractivity contribution in [2.24, 2.45) is 11.8 Å². The van der Waals surface area contributed by atoms with E-state index >= 15 is 0 Å². The Balaban J connectivity index is 2.29. The molecule has 1 aliphatic carbocycles. The maximum absolute atomic E-state index is 6.67. The quantitative estimate of drug-likeness (QED) is 0.591. The monoisotopic (exact) mass is 360 g/mol. The normalized spacial score (nSPS) is 17.6. The highest BCUT2D eigenvalue weighted by atomic mass is 79.9. The molecule has 2 unspecified atom stereocenters.